The van der Waals surface area contributed by atoms with Crippen molar-refractivity contribution in [3.8, 4) is 0 Å². The van der Waals surface area contributed by atoms with Crippen molar-refractivity contribution in [1.29, 1.82) is 0 Å². The third-order valence-electron chi connectivity index (χ3n) is 1.11. The van der Waals surface area contributed by atoms with Crippen LogP contribution in [-0.4, -0.2) is 19.7 Å². The Labute approximate surface area is 63.8 Å². The van der Waals surface area contributed by atoms with Crippen molar-refractivity contribution in [1.82, 2.24) is 4.98 Å². The largest absolute Gasteiger partial charge is 0.260 e. The zero-order chi connectivity index (χ0) is 8.48. The minimum absolute atomic E-state index is 0.0995. The number of pyridine rings is 1. The summed E-state index contributed by atoms with van der Waals surface area (Å²) in [5, 5.41) is 0. The lowest BCUT2D eigenvalue weighted by atomic mass is 10.5. The summed E-state index contributed by atoms with van der Waals surface area (Å²) >= 11 is 0. The van der Waals surface area contributed by atoms with Crippen molar-refractivity contribution >= 4 is 9.84 Å². The van der Waals surface area contributed by atoms with Gasteiger partial charge >= 0.3 is 0 Å². The Bertz CT molecular complexity index is 361. The van der Waals surface area contributed by atoms with E-state index in [0.29, 0.717) is 0 Å². The van der Waals surface area contributed by atoms with Crippen LogP contribution in [0.25, 0.3) is 0 Å². The highest BCUT2D eigenvalue weighted by Gasteiger charge is 2.07. The van der Waals surface area contributed by atoms with E-state index in [4.69, 9.17) is 0 Å². The lowest BCUT2D eigenvalue weighted by Gasteiger charge is -1.94. The van der Waals surface area contributed by atoms with Crippen molar-refractivity contribution in [2.45, 2.75) is 4.90 Å². The van der Waals surface area contributed by atoms with Crippen LogP contribution < -0.4 is 0 Å². The predicted molar refractivity (Wildman–Crippen MR) is 37.3 cm³/mol. The van der Waals surface area contributed by atoms with Gasteiger partial charge in [-0.3, -0.25) is 4.98 Å². The molecule has 0 radical (unpaired) electrons. The molecule has 5 heteroatoms. The van der Waals surface area contributed by atoms with Gasteiger partial charge in [0.1, 0.15) is 5.82 Å². The van der Waals surface area contributed by atoms with Gasteiger partial charge in [0.15, 0.2) is 9.84 Å². The Kier molecular flexibility index (Phi) is 1.90. The molecule has 1 heterocycles. The monoisotopic (exact) mass is 175 g/mol. The maximum atomic E-state index is 12.4. The molecule has 3 nitrogen and oxygen atoms in total. The number of nitrogens with zero attached hydrogens (tertiary/aromatic N) is 1. The average molecular weight is 175 g/mol. The molecule has 0 N–H and O–H groups in total. The Morgan fingerprint density at radius 3 is 2.45 bits per heavy atom. The topological polar surface area (TPSA) is 47.0 Å². The molecule has 0 saturated carbocycles. The second-order valence-corrected chi connectivity index (χ2v) is 4.13. The van der Waals surface area contributed by atoms with Gasteiger partial charge in [0.05, 0.1) is 11.1 Å². The van der Waals surface area contributed by atoms with Crippen LogP contribution in [-0.2, 0) is 9.84 Å². The third kappa shape index (κ3) is 1.98. The smallest absolute Gasteiger partial charge is 0.177 e. The first kappa shape index (κ1) is 8.13. The summed E-state index contributed by atoms with van der Waals surface area (Å²) in [6.45, 7) is 0. The van der Waals surface area contributed by atoms with Gasteiger partial charge in [0, 0.05) is 12.5 Å². The molecule has 0 aliphatic rings. The van der Waals surface area contributed by atoms with Crippen LogP contribution in [0.4, 0.5) is 4.39 Å². The van der Waals surface area contributed by atoms with Crippen LogP contribution in [0.15, 0.2) is 23.4 Å². The van der Waals surface area contributed by atoms with Gasteiger partial charge in [-0.15, -0.1) is 0 Å². The zero-order valence-corrected chi connectivity index (χ0v) is 6.60. The van der Waals surface area contributed by atoms with Gasteiger partial charge in [-0.25, -0.2) is 12.8 Å². The predicted octanol–water partition coefficient (Wildman–Crippen LogP) is 0.624. The van der Waals surface area contributed by atoms with Gasteiger partial charge in [-0.1, -0.05) is 0 Å². The Morgan fingerprint density at radius 1 is 1.45 bits per heavy atom. The summed E-state index contributed by atoms with van der Waals surface area (Å²) in [5.41, 5.74) is 0. The van der Waals surface area contributed by atoms with Crippen LogP contribution in [0, 0.1) is 5.82 Å². The lowest BCUT2D eigenvalue weighted by Crippen LogP contribution is -1.97. The highest BCUT2D eigenvalue weighted by Crippen LogP contribution is 2.07. The maximum Gasteiger partial charge on any atom is 0.177 e. The number of aromatic nitrogens is 1. The molecule has 0 saturated heterocycles. The van der Waals surface area contributed by atoms with Gasteiger partial charge in [0.25, 0.3) is 0 Å². The van der Waals surface area contributed by atoms with E-state index >= 15 is 0 Å². The van der Waals surface area contributed by atoms with Crippen LogP contribution in [0.1, 0.15) is 0 Å². The normalized spacial score (nSPS) is 11.5. The third-order valence-corrected chi connectivity index (χ3v) is 2.19. The second-order valence-electron chi connectivity index (χ2n) is 2.11. The molecule has 1 aromatic rings. The van der Waals surface area contributed by atoms with Gasteiger partial charge in [-0.2, -0.15) is 0 Å². The first-order valence-electron chi connectivity index (χ1n) is 2.81. The molecule has 60 valence electrons. The molecule has 0 amide bonds. The molecule has 1 aromatic heterocycles. The van der Waals surface area contributed by atoms with Crippen molar-refractivity contribution in [2.75, 3.05) is 6.26 Å². The van der Waals surface area contributed by atoms with Crippen molar-refractivity contribution < 1.29 is 12.8 Å². The van der Waals surface area contributed by atoms with E-state index in [2.05, 4.69) is 4.98 Å². The fourth-order valence-electron chi connectivity index (χ4n) is 0.595. The average Bonchev–Trinajstić information content (AvgIpc) is 1.86. The van der Waals surface area contributed by atoms with E-state index in [1.54, 1.807) is 0 Å². The summed E-state index contributed by atoms with van der Waals surface area (Å²) in [7, 11) is -3.33. The minimum atomic E-state index is -3.33. The second kappa shape index (κ2) is 2.58. The molecule has 1 rings (SSSR count). The van der Waals surface area contributed by atoms with E-state index in [0.717, 1.165) is 24.7 Å². The zero-order valence-electron chi connectivity index (χ0n) is 5.78. The summed E-state index contributed by atoms with van der Waals surface area (Å²) in [6.07, 6.45) is 3.07. The molecule has 0 aliphatic heterocycles. The summed E-state index contributed by atoms with van der Waals surface area (Å²) in [6, 6.07) is 0.933. The van der Waals surface area contributed by atoms with Crippen LogP contribution in [0.2, 0.25) is 0 Å². The molecule has 0 aliphatic carbocycles. The molecular formula is C6H6FNO2S. The van der Waals surface area contributed by atoms with Crippen molar-refractivity contribution in [3.05, 3.63) is 24.3 Å². The number of sulfone groups is 1. The fraction of sp³-hybridized carbons (Fsp3) is 0.167. The molecule has 0 aromatic carbocycles. The van der Waals surface area contributed by atoms with Crippen LogP contribution in [0.5, 0.6) is 0 Å². The van der Waals surface area contributed by atoms with Gasteiger partial charge in [0.2, 0.25) is 0 Å². The summed E-state index contributed by atoms with van der Waals surface area (Å²) in [5.74, 6) is -0.645. The SMILES string of the molecule is CS(=O)(=O)c1cncc(F)c1. The van der Waals surface area contributed by atoms with E-state index in [-0.39, 0.29) is 4.90 Å². The van der Waals surface area contributed by atoms with Crippen molar-refractivity contribution in [3.63, 3.8) is 0 Å². The van der Waals surface area contributed by atoms with Gasteiger partial charge in [-0.05, 0) is 6.07 Å². The minimum Gasteiger partial charge on any atom is -0.260 e. The quantitative estimate of drug-likeness (QED) is 0.628. The van der Waals surface area contributed by atoms with Gasteiger partial charge < -0.3 is 0 Å². The van der Waals surface area contributed by atoms with E-state index in [1.165, 1.54) is 0 Å². The first-order chi connectivity index (χ1) is 5.00. The van der Waals surface area contributed by atoms with E-state index in [9.17, 15) is 12.8 Å². The Hall–Kier alpha value is -0.970. The van der Waals surface area contributed by atoms with Crippen LogP contribution >= 0.6 is 0 Å². The summed E-state index contributed by atoms with van der Waals surface area (Å²) < 4.78 is 33.9. The molecule has 0 spiro atoms. The molecule has 0 unspecified atom stereocenters. The van der Waals surface area contributed by atoms with E-state index < -0.39 is 15.7 Å². The number of rotatable bonds is 1. The Balaban J connectivity index is 3.28. The maximum absolute atomic E-state index is 12.4. The molecule has 0 atom stereocenters. The number of hydrogen-bond acceptors (Lipinski definition) is 3. The number of halogens is 1. The molecule has 11 heavy (non-hydrogen) atoms. The standard InChI is InChI=1S/C6H6FNO2S/c1-11(9,10)6-2-5(7)3-8-4-6/h2-4H,1H3. The highest BCUT2D eigenvalue weighted by molar-refractivity contribution is 7.90. The number of hydrogen-bond donors (Lipinski definition) is 0. The summed E-state index contributed by atoms with van der Waals surface area (Å²) in [4.78, 5) is 3.30. The lowest BCUT2D eigenvalue weighted by molar-refractivity contribution is 0.593. The van der Waals surface area contributed by atoms with Crippen LogP contribution in [0.3, 0.4) is 0 Å². The Morgan fingerprint density at radius 2 is 2.09 bits per heavy atom. The van der Waals surface area contributed by atoms with Crippen molar-refractivity contribution in [2.24, 2.45) is 0 Å². The molecule has 0 bridgehead atoms. The van der Waals surface area contributed by atoms with E-state index in [1.807, 2.05) is 0 Å². The highest BCUT2D eigenvalue weighted by atomic mass is 32.2. The first-order valence-corrected chi connectivity index (χ1v) is 4.70. The fourth-order valence-corrected chi connectivity index (χ4v) is 1.17. The molecule has 0 fully saturated rings. The molecular weight excluding hydrogens is 169 g/mol.